The topological polar surface area (TPSA) is 51.4 Å². The largest absolute Gasteiger partial charge is 0.497 e. The molecule has 2 heterocycles. The highest BCUT2D eigenvalue weighted by molar-refractivity contribution is 6.30. The number of fused-ring (bicyclic) bond motifs is 1. The van der Waals surface area contributed by atoms with Crippen molar-refractivity contribution < 1.29 is 9.26 Å². The highest BCUT2D eigenvalue weighted by Gasteiger charge is 2.28. The van der Waals surface area contributed by atoms with Crippen LogP contribution in [0, 0.1) is 0 Å². The number of rotatable bonds is 3. The summed E-state index contributed by atoms with van der Waals surface area (Å²) >= 11 is 6.11. The molecule has 0 radical (unpaired) electrons. The van der Waals surface area contributed by atoms with Gasteiger partial charge in [0.15, 0.2) is 0 Å². The smallest absolute Gasteiger partial charge is 0.324 e. The lowest BCUT2D eigenvalue weighted by molar-refractivity contribution is 0.401. The van der Waals surface area contributed by atoms with Gasteiger partial charge in [0.1, 0.15) is 5.75 Å². The fraction of sp³-hybridized carbons (Fsp3) is 0.263. The molecule has 2 aromatic carbocycles. The summed E-state index contributed by atoms with van der Waals surface area (Å²) in [5.74, 6) is 1.37. The van der Waals surface area contributed by atoms with E-state index in [0.717, 1.165) is 29.3 Å². The van der Waals surface area contributed by atoms with Crippen LogP contribution in [-0.2, 0) is 6.42 Å². The average molecular weight is 356 g/mol. The van der Waals surface area contributed by atoms with Gasteiger partial charge in [-0.05, 0) is 60.9 Å². The number of hydrogen-bond donors (Lipinski definition) is 0. The molecule has 1 unspecified atom stereocenters. The molecular weight excluding hydrogens is 338 g/mol. The third-order valence-corrected chi connectivity index (χ3v) is 4.89. The second-order valence-electron chi connectivity index (χ2n) is 6.09. The summed E-state index contributed by atoms with van der Waals surface area (Å²) in [6, 6.07) is 14.4. The summed E-state index contributed by atoms with van der Waals surface area (Å²) in [6.07, 6.45) is 0.903. The van der Waals surface area contributed by atoms with Gasteiger partial charge in [-0.15, -0.1) is 0 Å². The van der Waals surface area contributed by atoms with Gasteiger partial charge in [-0.3, -0.25) is 0 Å². The van der Waals surface area contributed by atoms with E-state index in [4.69, 9.17) is 20.9 Å². The Hall–Kier alpha value is -2.53. The van der Waals surface area contributed by atoms with Gasteiger partial charge in [-0.2, -0.15) is 4.98 Å². The molecule has 0 spiro atoms. The van der Waals surface area contributed by atoms with Crippen LogP contribution in [0.25, 0.3) is 11.4 Å². The second-order valence-corrected chi connectivity index (χ2v) is 6.53. The number of ether oxygens (including phenoxy) is 1. The normalized spacial score (nSPS) is 16.6. The molecule has 1 atom stereocenters. The van der Waals surface area contributed by atoms with Crippen molar-refractivity contribution in [2.45, 2.75) is 19.4 Å². The summed E-state index contributed by atoms with van der Waals surface area (Å²) < 4.78 is 10.7. The standard InChI is InChI=1S/C19H18ClN3O2/c1-12-17-8-5-15(20)11-14(17)9-10-23(12)19-21-18(22-25-19)13-3-6-16(24-2)7-4-13/h3-8,11-12H,9-10H2,1-2H3. The molecule has 0 N–H and O–H groups in total. The van der Waals surface area contributed by atoms with E-state index in [2.05, 4.69) is 28.0 Å². The van der Waals surface area contributed by atoms with Crippen molar-refractivity contribution >= 4 is 17.6 Å². The van der Waals surface area contributed by atoms with Crippen molar-refractivity contribution in [3.8, 4) is 17.1 Å². The quantitative estimate of drug-likeness (QED) is 0.691. The summed E-state index contributed by atoms with van der Waals surface area (Å²) in [4.78, 5) is 6.72. The Morgan fingerprint density at radius 2 is 2.00 bits per heavy atom. The molecule has 0 saturated heterocycles. The van der Waals surface area contributed by atoms with E-state index in [1.807, 2.05) is 36.4 Å². The maximum absolute atomic E-state index is 6.11. The van der Waals surface area contributed by atoms with Crippen molar-refractivity contribution in [3.05, 3.63) is 58.6 Å². The maximum atomic E-state index is 6.11. The minimum Gasteiger partial charge on any atom is -0.497 e. The van der Waals surface area contributed by atoms with Crippen LogP contribution in [0.15, 0.2) is 47.0 Å². The lowest BCUT2D eigenvalue weighted by atomic mass is 9.94. The van der Waals surface area contributed by atoms with Gasteiger partial charge in [0.2, 0.25) is 5.82 Å². The van der Waals surface area contributed by atoms with E-state index in [1.165, 1.54) is 11.1 Å². The molecule has 1 aromatic heterocycles. The van der Waals surface area contributed by atoms with E-state index in [1.54, 1.807) is 7.11 Å². The van der Waals surface area contributed by atoms with Crippen LogP contribution in [0.1, 0.15) is 24.1 Å². The lowest BCUT2D eigenvalue weighted by Crippen LogP contribution is -2.34. The molecule has 0 bridgehead atoms. The highest BCUT2D eigenvalue weighted by atomic mass is 35.5. The van der Waals surface area contributed by atoms with Gasteiger partial charge in [0, 0.05) is 17.1 Å². The summed E-state index contributed by atoms with van der Waals surface area (Å²) in [7, 11) is 1.64. The summed E-state index contributed by atoms with van der Waals surface area (Å²) in [6.45, 7) is 2.96. The Labute approximate surface area is 151 Å². The molecular formula is C19H18ClN3O2. The van der Waals surface area contributed by atoms with E-state index in [9.17, 15) is 0 Å². The van der Waals surface area contributed by atoms with Crippen LogP contribution in [0.4, 0.5) is 6.01 Å². The zero-order valence-electron chi connectivity index (χ0n) is 14.1. The number of halogens is 1. The number of anilines is 1. The summed E-state index contributed by atoms with van der Waals surface area (Å²) in [5.41, 5.74) is 3.43. The second kappa shape index (κ2) is 6.41. The Balaban J connectivity index is 1.60. The first-order chi connectivity index (χ1) is 12.2. The molecule has 0 aliphatic carbocycles. The van der Waals surface area contributed by atoms with Crippen LogP contribution in [0.3, 0.4) is 0 Å². The minimum atomic E-state index is 0.158. The van der Waals surface area contributed by atoms with E-state index in [0.29, 0.717) is 11.8 Å². The van der Waals surface area contributed by atoms with E-state index < -0.39 is 0 Å². The van der Waals surface area contributed by atoms with Crippen LogP contribution < -0.4 is 9.64 Å². The van der Waals surface area contributed by atoms with Crippen LogP contribution >= 0.6 is 11.6 Å². The molecule has 6 heteroatoms. The van der Waals surface area contributed by atoms with Crippen molar-refractivity contribution in [2.75, 3.05) is 18.6 Å². The minimum absolute atomic E-state index is 0.158. The van der Waals surface area contributed by atoms with Gasteiger partial charge in [-0.25, -0.2) is 0 Å². The Bertz CT molecular complexity index is 892. The molecule has 128 valence electrons. The van der Waals surface area contributed by atoms with Crippen molar-refractivity contribution in [1.82, 2.24) is 10.1 Å². The zero-order valence-corrected chi connectivity index (χ0v) is 14.8. The zero-order chi connectivity index (χ0) is 17.4. The van der Waals surface area contributed by atoms with Gasteiger partial charge in [0.25, 0.3) is 0 Å². The van der Waals surface area contributed by atoms with Crippen LogP contribution in [0.2, 0.25) is 5.02 Å². The SMILES string of the molecule is COc1ccc(-c2noc(N3CCc4cc(Cl)ccc4C3C)n2)cc1. The highest BCUT2D eigenvalue weighted by Crippen LogP contribution is 2.34. The van der Waals surface area contributed by atoms with Gasteiger partial charge >= 0.3 is 6.01 Å². The molecule has 3 aromatic rings. The van der Waals surface area contributed by atoms with Crippen LogP contribution in [0.5, 0.6) is 5.75 Å². The Morgan fingerprint density at radius 3 is 2.76 bits per heavy atom. The first-order valence-electron chi connectivity index (χ1n) is 8.19. The fourth-order valence-corrected chi connectivity index (χ4v) is 3.45. The maximum Gasteiger partial charge on any atom is 0.324 e. The predicted octanol–water partition coefficient (Wildman–Crippen LogP) is 4.52. The number of hydrogen-bond acceptors (Lipinski definition) is 5. The van der Waals surface area contributed by atoms with E-state index in [-0.39, 0.29) is 6.04 Å². The monoisotopic (exact) mass is 355 g/mol. The third-order valence-electron chi connectivity index (χ3n) is 4.65. The molecule has 1 aliphatic rings. The molecule has 25 heavy (non-hydrogen) atoms. The van der Waals surface area contributed by atoms with Crippen LogP contribution in [-0.4, -0.2) is 23.8 Å². The van der Waals surface area contributed by atoms with Crippen molar-refractivity contribution in [3.63, 3.8) is 0 Å². The molecule has 0 fully saturated rings. The first-order valence-corrected chi connectivity index (χ1v) is 8.56. The van der Waals surface area contributed by atoms with Gasteiger partial charge in [-0.1, -0.05) is 22.8 Å². The Kier molecular flexibility index (Phi) is 4.09. The van der Waals surface area contributed by atoms with E-state index >= 15 is 0 Å². The fourth-order valence-electron chi connectivity index (χ4n) is 3.25. The predicted molar refractivity (Wildman–Crippen MR) is 97.2 cm³/mol. The number of methoxy groups -OCH3 is 1. The average Bonchev–Trinajstić information content (AvgIpc) is 3.12. The lowest BCUT2D eigenvalue weighted by Gasteiger charge is -2.33. The molecule has 1 aliphatic heterocycles. The molecule has 0 amide bonds. The first kappa shape index (κ1) is 16.0. The number of aromatic nitrogens is 2. The molecule has 5 nitrogen and oxygen atoms in total. The Morgan fingerprint density at radius 1 is 1.20 bits per heavy atom. The van der Waals surface area contributed by atoms with Crippen molar-refractivity contribution in [1.29, 1.82) is 0 Å². The van der Waals surface area contributed by atoms with Gasteiger partial charge in [0.05, 0.1) is 13.2 Å². The molecule has 0 saturated carbocycles. The van der Waals surface area contributed by atoms with Gasteiger partial charge < -0.3 is 14.2 Å². The number of benzene rings is 2. The number of nitrogens with zero attached hydrogens (tertiary/aromatic N) is 3. The summed E-state index contributed by atoms with van der Waals surface area (Å²) in [5, 5.41) is 4.91. The van der Waals surface area contributed by atoms with Crippen molar-refractivity contribution in [2.24, 2.45) is 0 Å². The molecule has 4 rings (SSSR count). The third kappa shape index (κ3) is 2.96.